The van der Waals surface area contributed by atoms with Crippen LogP contribution in [0.5, 0.6) is 5.75 Å². The highest BCUT2D eigenvalue weighted by atomic mass is 16.3. The van der Waals surface area contributed by atoms with Gasteiger partial charge in [0.2, 0.25) is 0 Å². The number of aromatic hydroxyl groups is 1. The van der Waals surface area contributed by atoms with E-state index < -0.39 is 6.10 Å². The summed E-state index contributed by atoms with van der Waals surface area (Å²) in [7, 11) is 0. The van der Waals surface area contributed by atoms with Gasteiger partial charge in [0.1, 0.15) is 5.75 Å². The van der Waals surface area contributed by atoms with Crippen LogP contribution in [-0.4, -0.2) is 47.8 Å². The van der Waals surface area contributed by atoms with Crippen molar-refractivity contribution in [1.29, 1.82) is 0 Å². The standard InChI is InChI=1S/C16H26N2O2/c1-11-10-15(20)12(2)13(3)16(11)14(19)4-7-18-8-5-17-6-9-18/h10,14,17,19-20H,4-9H2,1-3H3. The van der Waals surface area contributed by atoms with Gasteiger partial charge >= 0.3 is 0 Å². The maximum Gasteiger partial charge on any atom is 0.119 e. The fourth-order valence-electron chi connectivity index (χ4n) is 2.98. The lowest BCUT2D eigenvalue weighted by molar-refractivity contribution is 0.135. The topological polar surface area (TPSA) is 55.7 Å². The van der Waals surface area contributed by atoms with E-state index in [2.05, 4.69) is 10.2 Å². The minimum atomic E-state index is -0.454. The summed E-state index contributed by atoms with van der Waals surface area (Å²) in [6, 6.07) is 1.76. The molecule has 1 unspecified atom stereocenters. The maximum absolute atomic E-state index is 10.5. The van der Waals surface area contributed by atoms with Crippen LogP contribution in [0.25, 0.3) is 0 Å². The Kier molecular flexibility index (Phi) is 5.02. The van der Waals surface area contributed by atoms with Crippen molar-refractivity contribution in [2.24, 2.45) is 0 Å². The number of rotatable bonds is 4. The smallest absolute Gasteiger partial charge is 0.119 e. The van der Waals surface area contributed by atoms with Gasteiger partial charge in [-0.25, -0.2) is 0 Å². The number of aliphatic hydroxyl groups is 1. The van der Waals surface area contributed by atoms with E-state index in [1.54, 1.807) is 6.07 Å². The van der Waals surface area contributed by atoms with E-state index in [1.807, 2.05) is 20.8 Å². The molecule has 1 atom stereocenters. The third-order valence-electron chi connectivity index (χ3n) is 4.39. The number of nitrogens with one attached hydrogen (secondary N) is 1. The van der Waals surface area contributed by atoms with Crippen LogP contribution in [0.15, 0.2) is 6.07 Å². The van der Waals surface area contributed by atoms with Crippen molar-refractivity contribution in [2.45, 2.75) is 33.3 Å². The average molecular weight is 278 g/mol. The zero-order chi connectivity index (χ0) is 14.7. The molecule has 0 bridgehead atoms. The molecule has 1 heterocycles. The Morgan fingerprint density at radius 1 is 1.20 bits per heavy atom. The normalized spacial score (nSPS) is 18.2. The molecule has 0 spiro atoms. The van der Waals surface area contributed by atoms with Crippen LogP contribution >= 0.6 is 0 Å². The molecular weight excluding hydrogens is 252 g/mol. The van der Waals surface area contributed by atoms with Crippen molar-refractivity contribution >= 4 is 0 Å². The van der Waals surface area contributed by atoms with Gasteiger partial charge in [-0.2, -0.15) is 0 Å². The van der Waals surface area contributed by atoms with Gasteiger partial charge in [0.25, 0.3) is 0 Å². The first-order valence-electron chi connectivity index (χ1n) is 7.41. The molecular formula is C16H26N2O2. The van der Waals surface area contributed by atoms with E-state index in [9.17, 15) is 10.2 Å². The molecule has 1 saturated heterocycles. The highest BCUT2D eigenvalue weighted by molar-refractivity contribution is 5.48. The second-order valence-corrected chi connectivity index (χ2v) is 5.77. The van der Waals surface area contributed by atoms with Gasteiger partial charge in [0, 0.05) is 32.7 Å². The Labute approximate surface area is 121 Å². The minimum absolute atomic E-state index is 0.318. The molecule has 1 aromatic rings. The molecule has 4 nitrogen and oxygen atoms in total. The molecule has 0 aromatic heterocycles. The van der Waals surface area contributed by atoms with Crippen LogP contribution in [0.4, 0.5) is 0 Å². The molecule has 4 heteroatoms. The highest BCUT2D eigenvalue weighted by Crippen LogP contribution is 2.32. The van der Waals surface area contributed by atoms with E-state index >= 15 is 0 Å². The first kappa shape index (κ1) is 15.3. The quantitative estimate of drug-likeness (QED) is 0.784. The third kappa shape index (κ3) is 3.32. The lowest BCUT2D eigenvalue weighted by Crippen LogP contribution is -2.44. The van der Waals surface area contributed by atoms with Gasteiger partial charge < -0.3 is 20.4 Å². The Hall–Kier alpha value is -1.10. The van der Waals surface area contributed by atoms with E-state index in [1.165, 1.54) is 0 Å². The second kappa shape index (κ2) is 6.57. The molecule has 2 rings (SSSR count). The van der Waals surface area contributed by atoms with Crippen LogP contribution in [-0.2, 0) is 0 Å². The number of hydrogen-bond donors (Lipinski definition) is 3. The molecule has 1 aliphatic rings. The van der Waals surface area contributed by atoms with Gasteiger partial charge in [0.15, 0.2) is 0 Å². The molecule has 0 radical (unpaired) electrons. The third-order valence-corrected chi connectivity index (χ3v) is 4.39. The van der Waals surface area contributed by atoms with Crippen molar-refractivity contribution < 1.29 is 10.2 Å². The molecule has 112 valence electrons. The van der Waals surface area contributed by atoms with Gasteiger partial charge in [0.05, 0.1) is 6.10 Å². The number of aliphatic hydroxyl groups excluding tert-OH is 1. The molecule has 20 heavy (non-hydrogen) atoms. The highest BCUT2D eigenvalue weighted by Gasteiger charge is 2.18. The number of aryl methyl sites for hydroxylation is 1. The van der Waals surface area contributed by atoms with Gasteiger partial charge in [-0.1, -0.05) is 0 Å². The van der Waals surface area contributed by atoms with Crippen molar-refractivity contribution in [2.75, 3.05) is 32.7 Å². The van der Waals surface area contributed by atoms with Crippen molar-refractivity contribution in [1.82, 2.24) is 10.2 Å². The second-order valence-electron chi connectivity index (χ2n) is 5.77. The molecule has 1 aromatic carbocycles. The number of phenolic OH excluding ortho intramolecular Hbond substituents is 1. The lowest BCUT2D eigenvalue weighted by Gasteiger charge is -2.28. The largest absolute Gasteiger partial charge is 0.508 e. The zero-order valence-electron chi connectivity index (χ0n) is 12.7. The molecule has 1 aliphatic heterocycles. The predicted octanol–water partition coefficient (Wildman–Crippen LogP) is 1.65. The maximum atomic E-state index is 10.5. The number of piperazine rings is 1. The van der Waals surface area contributed by atoms with Crippen LogP contribution in [0, 0.1) is 20.8 Å². The van der Waals surface area contributed by atoms with Crippen molar-refractivity contribution in [3.63, 3.8) is 0 Å². The summed E-state index contributed by atoms with van der Waals surface area (Å²) < 4.78 is 0. The van der Waals surface area contributed by atoms with Crippen molar-refractivity contribution in [3.05, 3.63) is 28.3 Å². The summed E-state index contributed by atoms with van der Waals surface area (Å²) in [5.74, 6) is 0.318. The van der Waals surface area contributed by atoms with E-state index in [-0.39, 0.29) is 0 Å². The Morgan fingerprint density at radius 2 is 1.85 bits per heavy atom. The van der Waals surface area contributed by atoms with Crippen LogP contribution in [0.1, 0.15) is 34.8 Å². The Balaban J connectivity index is 2.05. The summed E-state index contributed by atoms with van der Waals surface area (Å²) >= 11 is 0. The number of phenols is 1. The summed E-state index contributed by atoms with van der Waals surface area (Å²) in [6.07, 6.45) is 0.288. The molecule has 0 saturated carbocycles. The summed E-state index contributed by atoms with van der Waals surface area (Å²) in [5.41, 5.74) is 3.83. The van der Waals surface area contributed by atoms with E-state index in [0.29, 0.717) is 5.75 Å². The van der Waals surface area contributed by atoms with Gasteiger partial charge in [-0.3, -0.25) is 0 Å². The van der Waals surface area contributed by atoms with Crippen LogP contribution in [0.2, 0.25) is 0 Å². The van der Waals surface area contributed by atoms with E-state index in [4.69, 9.17) is 0 Å². The summed E-state index contributed by atoms with van der Waals surface area (Å²) in [5, 5.41) is 23.7. The SMILES string of the molecule is Cc1cc(O)c(C)c(C)c1C(O)CCN1CCNCC1. The van der Waals surface area contributed by atoms with Gasteiger partial charge in [-0.05, 0) is 55.5 Å². The van der Waals surface area contributed by atoms with Crippen LogP contribution in [0.3, 0.4) is 0 Å². The Bertz CT molecular complexity index is 468. The summed E-state index contributed by atoms with van der Waals surface area (Å²) in [6.45, 7) is 10.9. The molecule has 0 aliphatic carbocycles. The van der Waals surface area contributed by atoms with E-state index in [0.717, 1.165) is 61.4 Å². The van der Waals surface area contributed by atoms with Gasteiger partial charge in [-0.15, -0.1) is 0 Å². The minimum Gasteiger partial charge on any atom is -0.508 e. The monoisotopic (exact) mass is 278 g/mol. The first-order valence-corrected chi connectivity index (χ1v) is 7.41. The fourth-order valence-corrected chi connectivity index (χ4v) is 2.98. The number of nitrogens with zero attached hydrogens (tertiary/aromatic N) is 1. The zero-order valence-corrected chi connectivity index (χ0v) is 12.7. The molecule has 0 amide bonds. The van der Waals surface area contributed by atoms with Crippen molar-refractivity contribution in [3.8, 4) is 5.75 Å². The molecule has 3 N–H and O–H groups in total. The van der Waals surface area contributed by atoms with Crippen LogP contribution < -0.4 is 5.32 Å². The molecule has 1 fully saturated rings. The number of benzene rings is 1. The first-order chi connectivity index (χ1) is 9.50. The lowest BCUT2D eigenvalue weighted by atomic mass is 9.92. The Morgan fingerprint density at radius 3 is 2.50 bits per heavy atom. The number of hydrogen-bond acceptors (Lipinski definition) is 4. The average Bonchev–Trinajstić information content (AvgIpc) is 2.44. The fraction of sp³-hybridized carbons (Fsp3) is 0.625. The summed E-state index contributed by atoms with van der Waals surface area (Å²) in [4.78, 5) is 2.39. The predicted molar refractivity (Wildman–Crippen MR) is 81.2 cm³/mol.